The summed E-state index contributed by atoms with van der Waals surface area (Å²) in [6.45, 7) is 2.47. The Balaban J connectivity index is 2.21. The molecule has 0 aromatic heterocycles. The Morgan fingerprint density at radius 2 is 2.00 bits per heavy atom. The summed E-state index contributed by atoms with van der Waals surface area (Å²) in [5, 5.41) is 11.3. The summed E-state index contributed by atoms with van der Waals surface area (Å²) in [7, 11) is 0. The molecule has 0 aliphatic heterocycles. The van der Waals surface area contributed by atoms with Crippen molar-refractivity contribution in [1.82, 2.24) is 0 Å². The van der Waals surface area contributed by atoms with E-state index in [1.54, 1.807) is 6.08 Å². The van der Waals surface area contributed by atoms with Crippen molar-refractivity contribution in [2.45, 2.75) is 19.8 Å². The van der Waals surface area contributed by atoms with Gasteiger partial charge in [-0.1, -0.05) is 37.6 Å². The van der Waals surface area contributed by atoms with Gasteiger partial charge in [-0.25, -0.2) is 4.79 Å². The van der Waals surface area contributed by atoms with Crippen molar-refractivity contribution < 1.29 is 9.53 Å². The average Bonchev–Trinajstić information content (AvgIpc) is 2.52. The maximum absolute atomic E-state index is 11.6. The van der Waals surface area contributed by atoms with Gasteiger partial charge in [0.2, 0.25) is 0 Å². The lowest BCUT2D eigenvalue weighted by atomic mass is 10.0. The fraction of sp³-hybridized carbons (Fsp3) is 0.222. The predicted molar refractivity (Wildman–Crippen MR) is 83.6 cm³/mol. The minimum absolute atomic E-state index is 0.375. The summed E-state index contributed by atoms with van der Waals surface area (Å²) in [6.07, 6.45) is 4.86. The number of esters is 1. The fourth-order valence-electron chi connectivity index (χ4n) is 2.02. The molecule has 3 heteroatoms. The summed E-state index contributed by atoms with van der Waals surface area (Å²) in [6, 6.07) is 13.7. The van der Waals surface area contributed by atoms with Gasteiger partial charge in [-0.15, -0.1) is 0 Å². The largest absolute Gasteiger partial charge is 0.463 e. The van der Waals surface area contributed by atoms with Crippen LogP contribution in [0.15, 0.2) is 42.5 Å². The maximum atomic E-state index is 11.6. The molecule has 0 bridgehead atoms. The molecule has 0 fully saturated rings. The van der Waals surface area contributed by atoms with Crippen molar-refractivity contribution in [2.75, 3.05) is 6.61 Å². The standard InChI is InChI=1S/C18H17NO2/c1-2-3-10-21-18(20)9-8-16-11-14-6-4-5-7-15(14)12-17(16)13-19/h4-9,11-12H,2-3,10H2,1H3/b9-8+. The predicted octanol–water partition coefficient (Wildman–Crippen LogP) is 4.07. The van der Waals surface area contributed by atoms with Gasteiger partial charge in [0.1, 0.15) is 0 Å². The smallest absolute Gasteiger partial charge is 0.330 e. The molecule has 106 valence electrons. The lowest BCUT2D eigenvalue weighted by Gasteiger charge is -2.03. The van der Waals surface area contributed by atoms with Gasteiger partial charge in [0.05, 0.1) is 18.2 Å². The van der Waals surface area contributed by atoms with E-state index in [1.807, 2.05) is 43.3 Å². The molecule has 0 N–H and O–H groups in total. The van der Waals surface area contributed by atoms with Crippen LogP contribution in [0.1, 0.15) is 30.9 Å². The SMILES string of the molecule is CCCCOC(=O)/C=C/c1cc2ccccc2cc1C#N. The van der Waals surface area contributed by atoms with Crippen LogP contribution in [0.25, 0.3) is 16.8 Å². The first-order valence-electron chi connectivity index (χ1n) is 7.02. The number of benzene rings is 2. The number of ether oxygens (including phenoxy) is 1. The zero-order valence-corrected chi connectivity index (χ0v) is 12.0. The van der Waals surface area contributed by atoms with E-state index < -0.39 is 0 Å². The Morgan fingerprint density at radius 3 is 2.67 bits per heavy atom. The van der Waals surface area contributed by atoms with Crippen LogP contribution in [0, 0.1) is 11.3 Å². The van der Waals surface area contributed by atoms with Crippen molar-refractivity contribution in [1.29, 1.82) is 5.26 Å². The molecule has 21 heavy (non-hydrogen) atoms. The van der Waals surface area contributed by atoms with Gasteiger partial charge < -0.3 is 4.74 Å². The van der Waals surface area contributed by atoms with Crippen LogP contribution >= 0.6 is 0 Å². The highest BCUT2D eigenvalue weighted by Gasteiger charge is 2.03. The summed E-state index contributed by atoms with van der Waals surface area (Å²) in [5.41, 5.74) is 1.27. The van der Waals surface area contributed by atoms with Gasteiger partial charge in [0, 0.05) is 6.08 Å². The van der Waals surface area contributed by atoms with Gasteiger partial charge in [0.25, 0.3) is 0 Å². The lowest BCUT2D eigenvalue weighted by molar-refractivity contribution is -0.137. The Hall–Kier alpha value is -2.60. The number of fused-ring (bicyclic) bond motifs is 1. The van der Waals surface area contributed by atoms with E-state index in [2.05, 4.69) is 6.07 Å². The highest BCUT2D eigenvalue weighted by atomic mass is 16.5. The summed E-state index contributed by atoms with van der Waals surface area (Å²) in [5.74, 6) is -0.375. The molecule has 0 amide bonds. The van der Waals surface area contributed by atoms with Crippen LogP contribution in [0.5, 0.6) is 0 Å². The number of carbonyl (C=O) groups is 1. The van der Waals surface area contributed by atoms with E-state index in [0.717, 1.165) is 29.2 Å². The van der Waals surface area contributed by atoms with Crippen LogP contribution in [-0.4, -0.2) is 12.6 Å². The molecule has 3 nitrogen and oxygen atoms in total. The molecular weight excluding hydrogens is 262 g/mol. The second-order valence-electron chi connectivity index (χ2n) is 4.75. The van der Waals surface area contributed by atoms with E-state index in [0.29, 0.717) is 12.2 Å². The van der Waals surface area contributed by atoms with Gasteiger partial charge in [0.15, 0.2) is 0 Å². The van der Waals surface area contributed by atoms with Crippen molar-refractivity contribution in [3.05, 3.63) is 53.6 Å². The van der Waals surface area contributed by atoms with E-state index in [9.17, 15) is 10.1 Å². The van der Waals surface area contributed by atoms with Crippen LogP contribution in [0.4, 0.5) is 0 Å². The number of nitriles is 1. The van der Waals surface area contributed by atoms with Crippen molar-refractivity contribution in [3.8, 4) is 6.07 Å². The third kappa shape index (κ3) is 3.93. The molecule has 0 aliphatic carbocycles. The van der Waals surface area contributed by atoms with Crippen molar-refractivity contribution in [2.24, 2.45) is 0 Å². The topological polar surface area (TPSA) is 50.1 Å². The first kappa shape index (κ1) is 14.8. The summed E-state index contributed by atoms with van der Waals surface area (Å²) >= 11 is 0. The Kier molecular flexibility index (Phi) is 5.11. The monoisotopic (exact) mass is 279 g/mol. The number of rotatable bonds is 5. The van der Waals surface area contributed by atoms with Crippen molar-refractivity contribution >= 4 is 22.8 Å². The Morgan fingerprint density at radius 1 is 1.29 bits per heavy atom. The second kappa shape index (κ2) is 7.25. The van der Waals surface area contributed by atoms with Crippen LogP contribution in [0.3, 0.4) is 0 Å². The molecule has 0 aliphatic rings. The minimum atomic E-state index is -0.375. The molecule has 0 unspecified atom stereocenters. The first-order chi connectivity index (χ1) is 10.2. The second-order valence-corrected chi connectivity index (χ2v) is 4.75. The van der Waals surface area contributed by atoms with Crippen molar-refractivity contribution in [3.63, 3.8) is 0 Å². The molecule has 0 spiro atoms. The average molecular weight is 279 g/mol. The zero-order valence-electron chi connectivity index (χ0n) is 12.0. The highest BCUT2D eigenvalue weighted by molar-refractivity contribution is 5.91. The summed E-state index contributed by atoms with van der Waals surface area (Å²) in [4.78, 5) is 11.6. The maximum Gasteiger partial charge on any atom is 0.330 e. The molecule has 0 atom stereocenters. The van der Waals surface area contributed by atoms with Gasteiger partial charge >= 0.3 is 5.97 Å². The molecule has 2 rings (SSSR count). The third-order valence-corrected chi connectivity index (χ3v) is 3.18. The van der Waals surface area contributed by atoms with E-state index in [1.165, 1.54) is 6.08 Å². The van der Waals surface area contributed by atoms with Gasteiger partial charge in [-0.3, -0.25) is 0 Å². The minimum Gasteiger partial charge on any atom is -0.463 e. The number of unbranched alkanes of at least 4 members (excludes halogenated alkanes) is 1. The van der Waals surface area contributed by atoms with Gasteiger partial charge in [-0.05, 0) is 41.0 Å². The molecule has 2 aromatic rings. The highest BCUT2D eigenvalue weighted by Crippen LogP contribution is 2.20. The number of nitrogens with zero attached hydrogens (tertiary/aromatic N) is 1. The lowest BCUT2D eigenvalue weighted by Crippen LogP contribution is -2.01. The molecule has 0 heterocycles. The number of carbonyl (C=O) groups excluding carboxylic acids is 1. The summed E-state index contributed by atoms with van der Waals surface area (Å²) < 4.78 is 5.06. The fourth-order valence-corrected chi connectivity index (χ4v) is 2.02. The van der Waals surface area contributed by atoms with E-state index >= 15 is 0 Å². The Bertz CT molecular complexity index is 711. The molecule has 0 radical (unpaired) electrons. The van der Waals surface area contributed by atoms with Crippen LogP contribution < -0.4 is 0 Å². The first-order valence-corrected chi connectivity index (χ1v) is 7.02. The van der Waals surface area contributed by atoms with Crippen LogP contribution in [0.2, 0.25) is 0 Å². The molecule has 0 saturated heterocycles. The van der Waals surface area contributed by atoms with E-state index in [4.69, 9.17) is 4.74 Å². The number of hydrogen-bond acceptors (Lipinski definition) is 3. The molecule has 2 aromatic carbocycles. The zero-order chi connectivity index (χ0) is 15.1. The van der Waals surface area contributed by atoms with Gasteiger partial charge in [-0.2, -0.15) is 5.26 Å². The molecular formula is C18H17NO2. The quantitative estimate of drug-likeness (QED) is 0.471. The van der Waals surface area contributed by atoms with E-state index in [-0.39, 0.29) is 5.97 Å². The molecule has 0 saturated carbocycles. The number of hydrogen-bond donors (Lipinski definition) is 0. The third-order valence-electron chi connectivity index (χ3n) is 3.18. The van der Waals surface area contributed by atoms with Crippen LogP contribution in [-0.2, 0) is 9.53 Å². The normalized spacial score (nSPS) is 10.7. The Labute approximate surface area is 124 Å².